The molecule has 1 aliphatic carbocycles. The lowest BCUT2D eigenvalue weighted by Gasteiger charge is -2.28. The summed E-state index contributed by atoms with van der Waals surface area (Å²) in [5.41, 5.74) is -0.0988. The zero-order chi connectivity index (χ0) is 16.8. The van der Waals surface area contributed by atoms with Crippen LogP contribution in [0.5, 0.6) is 0 Å². The molecule has 0 bridgehead atoms. The Hall–Kier alpha value is -0.770. The van der Waals surface area contributed by atoms with Crippen molar-refractivity contribution in [1.29, 1.82) is 0 Å². The van der Waals surface area contributed by atoms with Crippen LogP contribution in [0.2, 0.25) is 0 Å². The summed E-state index contributed by atoms with van der Waals surface area (Å²) in [6.07, 6.45) is 5.99. The first-order chi connectivity index (χ1) is 10.1. The fraction of sp³-hybridized carbons (Fsp3) is 0.944. The summed E-state index contributed by atoms with van der Waals surface area (Å²) in [6, 6.07) is 0.359. The highest BCUT2D eigenvalue weighted by atomic mass is 16.6. The summed E-state index contributed by atoms with van der Waals surface area (Å²) in [7, 11) is 0. The van der Waals surface area contributed by atoms with Crippen LogP contribution in [0, 0.1) is 11.3 Å². The molecular formula is C18H36N2O2. The fourth-order valence-electron chi connectivity index (χ4n) is 2.91. The second-order valence-electron chi connectivity index (χ2n) is 8.80. The number of nitrogens with one attached hydrogen (secondary N) is 2. The third-order valence-electron chi connectivity index (χ3n) is 4.12. The lowest BCUT2D eigenvalue weighted by molar-refractivity contribution is 0.0518. The van der Waals surface area contributed by atoms with Crippen molar-refractivity contribution in [2.24, 2.45) is 11.3 Å². The number of carbonyl (C=O) groups is 1. The van der Waals surface area contributed by atoms with E-state index in [-0.39, 0.29) is 6.09 Å². The van der Waals surface area contributed by atoms with Gasteiger partial charge in [-0.05, 0) is 57.9 Å². The maximum Gasteiger partial charge on any atom is 0.407 e. The van der Waals surface area contributed by atoms with Crippen LogP contribution < -0.4 is 10.6 Å². The highest BCUT2D eigenvalue weighted by Crippen LogP contribution is 2.28. The van der Waals surface area contributed by atoms with E-state index in [1.807, 2.05) is 20.8 Å². The molecule has 1 rings (SSSR count). The molecule has 0 spiro atoms. The standard InChI is InChI=1S/C18H36N2O2/c1-17(2,3)11-12-19-15(14-9-7-8-10-14)13-20-16(21)22-18(4,5)6/h14-15,19H,7-13H2,1-6H3,(H,20,21). The molecule has 0 saturated heterocycles. The van der Waals surface area contributed by atoms with E-state index in [4.69, 9.17) is 4.74 Å². The van der Waals surface area contributed by atoms with Crippen LogP contribution in [0.15, 0.2) is 0 Å². The third-order valence-corrected chi connectivity index (χ3v) is 4.12. The molecule has 1 aliphatic rings. The minimum atomic E-state index is -0.438. The Bertz CT molecular complexity index is 336. The average Bonchev–Trinajstić information content (AvgIpc) is 2.83. The van der Waals surface area contributed by atoms with Gasteiger partial charge in [-0.2, -0.15) is 0 Å². The van der Waals surface area contributed by atoms with Crippen molar-refractivity contribution in [2.75, 3.05) is 13.1 Å². The van der Waals surface area contributed by atoms with E-state index in [9.17, 15) is 4.79 Å². The van der Waals surface area contributed by atoms with Gasteiger partial charge in [0.15, 0.2) is 0 Å². The van der Waals surface area contributed by atoms with Gasteiger partial charge in [0.05, 0.1) is 0 Å². The Kier molecular flexibility index (Phi) is 7.17. The molecule has 0 aliphatic heterocycles. The molecule has 1 saturated carbocycles. The molecule has 2 N–H and O–H groups in total. The highest BCUT2D eigenvalue weighted by Gasteiger charge is 2.26. The average molecular weight is 312 g/mol. The molecule has 0 aromatic heterocycles. The van der Waals surface area contributed by atoms with Crippen LogP contribution >= 0.6 is 0 Å². The first-order valence-corrected chi connectivity index (χ1v) is 8.77. The molecule has 130 valence electrons. The minimum absolute atomic E-state index is 0.312. The van der Waals surface area contributed by atoms with Gasteiger partial charge in [-0.1, -0.05) is 33.6 Å². The molecule has 1 amide bonds. The van der Waals surface area contributed by atoms with Crippen LogP contribution in [-0.4, -0.2) is 30.8 Å². The van der Waals surface area contributed by atoms with Crippen LogP contribution in [0.1, 0.15) is 73.6 Å². The predicted molar refractivity (Wildman–Crippen MR) is 92.1 cm³/mol. The third kappa shape index (κ3) is 8.62. The molecule has 1 atom stereocenters. The Balaban J connectivity index is 2.43. The summed E-state index contributed by atoms with van der Waals surface area (Å²) in [6.45, 7) is 14.1. The zero-order valence-corrected chi connectivity index (χ0v) is 15.4. The number of hydrogen-bond donors (Lipinski definition) is 2. The van der Waals surface area contributed by atoms with E-state index in [1.54, 1.807) is 0 Å². The molecule has 0 aromatic carbocycles. The molecule has 0 heterocycles. The Morgan fingerprint density at radius 3 is 2.23 bits per heavy atom. The largest absolute Gasteiger partial charge is 0.444 e. The van der Waals surface area contributed by atoms with Crippen molar-refractivity contribution < 1.29 is 9.53 Å². The van der Waals surface area contributed by atoms with Gasteiger partial charge in [-0.25, -0.2) is 4.79 Å². The maximum atomic E-state index is 11.8. The minimum Gasteiger partial charge on any atom is -0.444 e. The smallest absolute Gasteiger partial charge is 0.407 e. The lowest BCUT2D eigenvalue weighted by atomic mass is 9.91. The van der Waals surface area contributed by atoms with Crippen LogP contribution in [0.3, 0.4) is 0 Å². The Morgan fingerprint density at radius 1 is 1.14 bits per heavy atom. The second kappa shape index (κ2) is 8.19. The number of ether oxygens (including phenoxy) is 1. The lowest BCUT2D eigenvalue weighted by Crippen LogP contribution is -2.46. The van der Waals surface area contributed by atoms with Crippen LogP contribution in [-0.2, 0) is 4.74 Å². The second-order valence-corrected chi connectivity index (χ2v) is 8.80. The summed E-state index contributed by atoms with van der Waals surface area (Å²) < 4.78 is 5.33. The molecule has 22 heavy (non-hydrogen) atoms. The van der Waals surface area contributed by atoms with E-state index in [2.05, 4.69) is 31.4 Å². The molecule has 4 nitrogen and oxygen atoms in total. The molecule has 4 heteroatoms. The van der Waals surface area contributed by atoms with E-state index < -0.39 is 5.60 Å². The van der Waals surface area contributed by atoms with Crippen molar-refractivity contribution in [3.8, 4) is 0 Å². The first-order valence-electron chi connectivity index (χ1n) is 8.77. The van der Waals surface area contributed by atoms with Gasteiger partial charge in [0, 0.05) is 12.6 Å². The van der Waals surface area contributed by atoms with Crippen LogP contribution in [0.4, 0.5) is 4.79 Å². The van der Waals surface area contributed by atoms with Crippen LogP contribution in [0.25, 0.3) is 0 Å². The molecular weight excluding hydrogens is 276 g/mol. The monoisotopic (exact) mass is 312 g/mol. The number of rotatable bonds is 6. The fourth-order valence-corrected chi connectivity index (χ4v) is 2.91. The topological polar surface area (TPSA) is 50.4 Å². The van der Waals surface area contributed by atoms with Crippen molar-refractivity contribution in [2.45, 2.75) is 85.3 Å². The van der Waals surface area contributed by atoms with Gasteiger partial charge in [0.25, 0.3) is 0 Å². The Labute approximate surface area is 136 Å². The number of amides is 1. The van der Waals surface area contributed by atoms with Gasteiger partial charge < -0.3 is 15.4 Å². The first kappa shape index (κ1) is 19.3. The quantitative estimate of drug-likeness (QED) is 0.776. The maximum absolute atomic E-state index is 11.8. The normalized spacial score (nSPS) is 18.3. The summed E-state index contributed by atoms with van der Waals surface area (Å²) in [5.74, 6) is 0.676. The molecule has 1 fully saturated rings. The van der Waals surface area contributed by atoms with Crippen molar-refractivity contribution in [3.63, 3.8) is 0 Å². The SMILES string of the molecule is CC(C)(C)CCNC(CNC(=O)OC(C)(C)C)C1CCCC1. The zero-order valence-electron chi connectivity index (χ0n) is 15.4. The molecule has 1 unspecified atom stereocenters. The van der Waals surface area contributed by atoms with Crippen molar-refractivity contribution in [3.05, 3.63) is 0 Å². The van der Waals surface area contributed by atoms with E-state index >= 15 is 0 Å². The van der Waals surface area contributed by atoms with Gasteiger partial charge in [-0.3, -0.25) is 0 Å². The van der Waals surface area contributed by atoms with E-state index in [1.165, 1.54) is 25.7 Å². The summed E-state index contributed by atoms with van der Waals surface area (Å²) in [4.78, 5) is 11.8. The number of carbonyl (C=O) groups excluding carboxylic acids is 1. The van der Waals surface area contributed by atoms with Crippen molar-refractivity contribution >= 4 is 6.09 Å². The van der Waals surface area contributed by atoms with Crippen molar-refractivity contribution in [1.82, 2.24) is 10.6 Å². The highest BCUT2D eigenvalue weighted by molar-refractivity contribution is 5.67. The Morgan fingerprint density at radius 2 is 1.73 bits per heavy atom. The molecule has 0 radical (unpaired) electrons. The molecule has 0 aromatic rings. The van der Waals surface area contributed by atoms with Gasteiger partial charge >= 0.3 is 6.09 Å². The number of alkyl carbamates (subject to hydrolysis) is 1. The number of hydrogen-bond acceptors (Lipinski definition) is 3. The van der Waals surface area contributed by atoms with E-state index in [0.717, 1.165) is 13.0 Å². The predicted octanol–water partition coefficient (Wildman–Crippen LogP) is 4.10. The van der Waals surface area contributed by atoms with Gasteiger partial charge in [0.2, 0.25) is 0 Å². The summed E-state index contributed by atoms with van der Waals surface area (Å²) in [5, 5.41) is 6.61. The van der Waals surface area contributed by atoms with E-state index in [0.29, 0.717) is 23.9 Å². The summed E-state index contributed by atoms with van der Waals surface area (Å²) >= 11 is 0. The van der Waals surface area contributed by atoms with Gasteiger partial charge in [0.1, 0.15) is 5.60 Å². The van der Waals surface area contributed by atoms with Gasteiger partial charge in [-0.15, -0.1) is 0 Å².